The highest BCUT2D eigenvalue weighted by atomic mass is 16.3. The Balaban J connectivity index is 0.000000479. The molecule has 1 unspecified atom stereocenters. The third-order valence-corrected chi connectivity index (χ3v) is 4.61. The Morgan fingerprint density at radius 3 is 1.74 bits per heavy atom. The molecule has 222 valence electrons. The molecule has 1 atom stereocenters. The molecule has 4 rings (SSSR count). The summed E-state index contributed by atoms with van der Waals surface area (Å²) in [4.78, 5) is 75.0. The Hall–Kier alpha value is -4.59. The predicted molar refractivity (Wildman–Crippen MR) is 133 cm³/mol. The van der Waals surface area contributed by atoms with Crippen LogP contribution in [-0.4, -0.2) is 127 Å². The Bertz CT molecular complexity index is 819. The fourth-order valence-electron chi connectivity index (χ4n) is 2.98. The molecule has 39 heavy (non-hydrogen) atoms. The third-order valence-electron chi connectivity index (χ3n) is 4.61. The molecule has 4 fully saturated rings. The molecule has 4 aliphatic rings. The number of likely N-dealkylation sites (tertiary alicyclic amines) is 1. The quantitative estimate of drug-likeness (QED) is 0.142. The Labute approximate surface area is 223 Å². The van der Waals surface area contributed by atoms with Crippen molar-refractivity contribution < 1.29 is 43.8 Å². The Morgan fingerprint density at radius 1 is 0.846 bits per heavy atom. The van der Waals surface area contributed by atoms with E-state index in [9.17, 15) is 28.8 Å². The van der Waals surface area contributed by atoms with E-state index in [2.05, 4.69) is 32.7 Å². The van der Waals surface area contributed by atoms with Gasteiger partial charge in [0.05, 0.1) is 13.2 Å². The molecule has 14 N–H and O–H groups in total. The van der Waals surface area contributed by atoms with Crippen LogP contribution >= 0.6 is 0 Å². The average molecular weight is 564 g/mol. The lowest BCUT2D eigenvalue weighted by Crippen LogP contribution is -2.48. The lowest BCUT2D eigenvalue weighted by atomic mass is 10.4. The summed E-state index contributed by atoms with van der Waals surface area (Å²) in [5.41, 5.74) is 13.2. The van der Waals surface area contributed by atoms with E-state index in [1.54, 1.807) is 9.80 Å². The predicted octanol–water partition coefficient (Wildman–Crippen LogP) is -5.25. The number of aliphatic hydroxyl groups is 2. The van der Waals surface area contributed by atoms with Gasteiger partial charge in [0.1, 0.15) is 0 Å². The smallest absolute Gasteiger partial charge is 0.323 e. The summed E-state index contributed by atoms with van der Waals surface area (Å²) in [6.45, 7) is 4.92. The molecule has 4 saturated heterocycles. The van der Waals surface area contributed by atoms with Gasteiger partial charge in [0.25, 0.3) is 5.91 Å². The van der Waals surface area contributed by atoms with E-state index in [0.717, 1.165) is 32.6 Å². The topological polar surface area (TPSA) is 317 Å². The van der Waals surface area contributed by atoms with Gasteiger partial charge in [-0.25, -0.2) is 24.0 Å². The minimum Gasteiger partial charge on any atom is -0.395 e. The van der Waals surface area contributed by atoms with Gasteiger partial charge in [0, 0.05) is 52.2 Å². The van der Waals surface area contributed by atoms with Crippen LogP contribution in [0, 0.1) is 0 Å². The van der Waals surface area contributed by atoms with Crippen molar-refractivity contribution in [3.63, 3.8) is 0 Å². The molecule has 0 bridgehead atoms. The number of amides is 12. The summed E-state index contributed by atoms with van der Waals surface area (Å²) >= 11 is 0. The normalized spacial score (nSPS) is 18.6. The number of carbonyl (C=O) groups is 7. The number of imide groups is 1. The van der Waals surface area contributed by atoms with Gasteiger partial charge in [-0.15, -0.1) is 0 Å². The van der Waals surface area contributed by atoms with Crippen molar-refractivity contribution in [1.82, 2.24) is 41.7 Å². The molecule has 0 aromatic carbocycles. The summed E-state index contributed by atoms with van der Waals surface area (Å²) in [6, 6.07) is -2.46. The summed E-state index contributed by atoms with van der Waals surface area (Å²) in [7, 11) is 0. The molecule has 0 aromatic heterocycles. The first-order valence-corrected chi connectivity index (χ1v) is 11.7. The number of nitrogens with one attached hydrogen (secondary N) is 6. The molecule has 0 saturated carbocycles. The van der Waals surface area contributed by atoms with Gasteiger partial charge in [-0.1, -0.05) is 0 Å². The maximum absolute atomic E-state index is 10.8. The van der Waals surface area contributed by atoms with E-state index < -0.39 is 30.2 Å². The number of nitrogens with zero attached hydrogens (tertiary/aromatic N) is 2. The van der Waals surface area contributed by atoms with Gasteiger partial charge in [-0.3, -0.25) is 14.9 Å². The zero-order valence-electron chi connectivity index (χ0n) is 21.2. The van der Waals surface area contributed by atoms with Crippen LogP contribution in [0.1, 0.15) is 12.8 Å². The van der Waals surface area contributed by atoms with E-state index in [1.165, 1.54) is 0 Å². The molecule has 4 aliphatic heterocycles. The minimum atomic E-state index is -1.04. The maximum Gasteiger partial charge on any atom is 0.323 e. The van der Waals surface area contributed by atoms with E-state index >= 15 is 0 Å². The van der Waals surface area contributed by atoms with E-state index in [0.29, 0.717) is 26.1 Å². The van der Waals surface area contributed by atoms with E-state index in [1.807, 2.05) is 10.6 Å². The lowest BCUT2D eigenvalue weighted by molar-refractivity contribution is -0.128. The Morgan fingerprint density at radius 2 is 1.41 bits per heavy atom. The maximum atomic E-state index is 10.8. The number of β-amino-alcohol motifs (C(OH)–C–C–N with tert-alkyl or cyclic N) is 2. The number of nitrogens with two attached hydrogens (primary N) is 3. The van der Waals surface area contributed by atoms with Crippen LogP contribution in [-0.2, 0) is 9.59 Å². The molecule has 20 nitrogen and oxygen atoms in total. The molecule has 20 heteroatoms. The summed E-state index contributed by atoms with van der Waals surface area (Å²) in [5, 5.41) is 30.7. The van der Waals surface area contributed by atoms with Crippen LogP contribution in [0.5, 0.6) is 0 Å². The summed E-state index contributed by atoms with van der Waals surface area (Å²) < 4.78 is 0. The number of rotatable bonds is 5. The van der Waals surface area contributed by atoms with Crippen LogP contribution in [0.3, 0.4) is 0 Å². The highest BCUT2D eigenvalue weighted by Crippen LogP contribution is 2.07. The summed E-state index contributed by atoms with van der Waals surface area (Å²) in [6.07, 6.45) is 0.582. The van der Waals surface area contributed by atoms with Crippen LogP contribution in [0.2, 0.25) is 0 Å². The second-order valence-electron chi connectivity index (χ2n) is 7.64. The van der Waals surface area contributed by atoms with Gasteiger partial charge in [-0.2, -0.15) is 0 Å². The molecular formula is C19H37N11O9. The van der Waals surface area contributed by atoms with Gasteiger partial charge in [-0.05, 0) is 6.42 Å². The number of primary amides is 3. The SMILES string of the molecule is NC(=O)NC1NC(=O)NC1=O.NC(N)=O.O=C1CCCN1CCO.O=C1NCCN1.O=C1NCCN1CCO. The van der Waals surface area contributed by atoms with Crippen molar-refractivity contribution in [2.75, 3.05) is 59.0 Å². The van der Waals surface area contributed by atoms with Crippen molar-refractivity contribution in [3.05, 3.63) is 0 Å². The van der Waals surface area contributed by atoms with Crippen LogP contribution in [0.15, 0.2) is 0 Å². The van der Waals surface area contributed by atoms with Crippen molar-refractivity contribution in [2.45, 2.75) is 19.0 Å². The monoisotopic (exact) mass is 563 g/mol. The lowest BCUT2D eigenvalue weighted by Gasteiger charge is -2.11. The van der Waals surface area contributed by atoms with Gasteiger partial charge in [0.15, 0.2) is 6.17 Å². The van der Waals surface area contributed by atoms with Crippen molar-refractivity contribution in [3.8, 4) is 0 Å². The van der Waals surface area contributed by atoms with Crippen molar-refractivity contribution >= 4 is 42.0 Å². The molecule has 0 aromatic rings. The van der Waals surface area contributed by atoms with Gasteiger partial charge >= 0.3 is 30.2 Å². The largest absolute Gasteiger partial charge is 0.395 e. The van der Waals surface area contributed by atoms with Gasteiger partial charge < -0.3 is 63.8 Å². The van der Waals surface area contributed by atoms with Crippen LogP contribution in [0.25, 0.3) is 0 Å². The Kier molecular flexibility index (Phi) is 17.2. The second-order valence-corrected chi connectivity index (χ2v) is 7.64. The highest BCUT2D eigenvalue weighted by molar-refractivity contribution is 6.05. The molecule has 0 spiro atoms. The number of carbonyl (C=O) groups excluding carboxylic acids is 7. The number of urea groups is 5. The molecular weight excluding hydrogens is 526 g/mol. The fraction of sp³-hybridized carbons (Fsp3) is 0.632. The number of hydrogen-bond donors (Lipinski definition) is 11. The van der Waals surface area contributed by atoms with E-state index in [-0.39, 0.29) is 31.2 Å². The molecule has 4 heterocycles. The highest BCUT2D eigenvalue weighted by Gasteiger charge is 2.29. The van der Waals surface area contributed by atoms with E-state index in [4.69, 9.17) is 20.7 Å². The second kappa shape index (κ2) is 19.5. The standard InChI is InChI=1S/C6H11NO2.C5H10N2O2.C4H6N4O3.C3H6N2O.CH4N2O/c8-5-4-7-3-1-2-6(7)9;8-4-3-7-2-1-6-5(7)9;5-3(10)6-1-2(9)8-4(11)7-1;6-3-4-1-2-5-3;2-1(3)4/h8H,1-5H2;8H,1-4H2,(H,6,9);1H,(H3,5,6,10)(H2,7,8,9,11);1-2H2,(H2,4,5,6);(H4,2,3,4). The van der Waals surface area contributed by atoms with Crippen molar-refractivity contribution in [2.24, 2.45) is 17.2 Å². The molecule has 0 radical (unpaired) electrons. The van der Waals surface area contributed by atoms with Crippen LogP contribution in [0.4, 0.5) is 24.0 Å². The first-order valence-electron chi connectivity index (χ1n) is 11.7. The van der Waals surface area contributed by atoms with Crippen LogP contribution < -0.4 is 49.1 Å². The molecule has 12 amide bonds. The first kappa shape index (κ1) is 34.4. The van der Waals surface area contributed by atoms with Crippen molar-refractivity contribution in [1.29, 1.82) is 0 Å². The minimum absolute atomic E-state index is 0.0463. The summed E-state index contributed by atoms with van der Waals surface area (Å²) in [5.74, 6) is -0.433. The third kappa shape index (κ3) is 16.7. The first-order chi connectivity index (χ1) is 18.4. The average Bonchev–Trinajstić information content (AvgIpc) is 3.63. The fourth-order valence-corrected chi connectivity index (χ4v) is 2.98. The zero-order valence-corrected chi connectivity index (χ0v) is 21.2. The van der Waals surface area contributed by atoms with Gasteiger partial charge in [0.2, 0.25) is 5.91 Å². The number of aliphatic hydroxyl groups excluding tert-OH is 2. The number of hydrogen-bond acceptors (Lipinski definition) is 9. The molecule has 0 aliphatic carbocycles. The zero-order chi connectivity index (χ0) is 29.8.